The first-order valence-corrected chi connectivity index (χ1v) is 18.9. The Kier molecular flexibility index (Phi) is 11.3. The average Bonchev–Trinajstić information content (AvgIpc) is 3.09. The van der Waals surface area contributed by atoms with E-state index in [4.69, 9.17) is 0 Å². The van der Waals surface area contributed by atoms with E-state index in [2.05, 4.69) is 25.8 Å². The number of carbonyl (C=O) groups is 4. The van der Waals surface area contributed by atoms with Crippen LogP contribution in [0.3, 0.4) is 0 Å². The average molecular weight is 718 g/mol. The second-order valence-electron chi connectivity index (χ2n) is 14.4. The molecule has 0 saturated carbocycles. The van der Waals surface area contributed by atoms with E-state index in [0.29, 0.717) is 54.2 Å². The first kappa shape index (κ1) is 37.7. The van der Waals surface area contributed by atoms with E-state index < -0.39 is 50.5 Å². The third-order valence-corrected chi connectivity index (χ3v) is 11.7. The van der Waals surface area contributed by atoms with Crippen molar-refractivity contribution < 1.29 is 32.7 Å². The second-order valence-corrected chi connectivity index (χ2v) is 16.5. The molecule has 6 heterocycles. The molecule has 0 aromatic heterocycles. The fourth-order valence-electron chi connectivity index (χ4n) is 6.56. The Hall–Kier alpha value is -4.59. The fraction of sp³-hybridized carbons (Fsp3) is 0.421. The first-order valence-electron chi connectivity index (χ1n) is 17.1. The van der Waals surface area contributed by atoms with Crippen LogP contribution in [0, 0.1) is 5.92 Å². The monoisotopic (exact) mass is 717 g/mol. The van der Waals surface area contributed by atoms with Crippen LogP contribution in [0.25, 0.3) is 0 Å². The van der Waals surface area contributed by atoms with E-state index in [9.17, 15) is 32.7 Å². The van der Waals surface area contributed by atoms with Crippen molar-refractivity contribution in [2.24, 2.45) is 5.92 Å². The van der Waals surface area contributed by atoms with Gasteiger partial charge in [-0.15, -0.1) is 0 Å². The van der Waals surface area contributed by atoms with Gasteiger partial charge in [0.2, 0.25) is 17.7 Å². The smallest absolute Gasteiger partial charge is 0.326 e. The number of hydrogen-bond donors (Lipinski definition) is 4. The van der Waals surface area contributed by atoms with Crippen LogP contribution < -0.4 is 16.0 Å². The normalized spacial score (nSPS) is 24.2. The summed E-state index contributed by atoms with van der Waals surface area (Å²) in [5, 5.41) is 18.6. The second kappa shape index (κ2) is 15.3. The number of benzene rings is 3. The maximum atomic E-state index is 13.8. The number of carboxylic acid groups (broad SMARTS) is 1. The van der Waals surface area contributed by atoms with Gasteiger partial charge in [0, 0.05) is 44.0 Å². The van der Waals surface area contributed by atoms with Crippen LogP contribution in [0.1, 0.15) is 44.4 Å². The van der Waals surface area contributed by atoms with E-state index in [0.717, 1.165) is 0 Å². The minimum absolute atomic E-state index is 0.0287. The van der Waals surface area contributed by atoms with Crippen LogP contribution in [-0.2, 0) is 47.6 Å². The summed E-state index contributed by atoms with van der Waals surface area (Å²) in [6.07, 6.45) is -0.0275. The Bertz CT molecular complexity index is 1840. The van der Waals surface area contributed by atoms with E-state index in [1.54, 1.807) is 78.9 Å². The number of amides is 3. The Balaban J connectivity index is 1.45. The van der Waals surface area contributed by atoms with Crippen LogP contribution in [0.2, 0.25) is 0 Å². The van der Waals surface area contributed by atoms with Gasteiger partial charge in [0.1, 0.15) is 6.04 Å². The molecule has 9 rings (SSSR count). The molecule has 3 amide bonds. The molecule has 272 valence electrons. The first-order chi connectivity index (χ1) is 24.0. The van der Waals surface area contributed by atoms with Gasteiger partial charge in [-0.25, -0.2) is 13.2 Å². The lowest BCUT2D eigenvalue weighted by Crippen LogP contribution is -2.64. The van der Waals surface area contributed by atoms with Crippen molar-refractivity contribution in [1.82, 2.24) is 15.1 Å². The summed E-state index contributed by atoms with van der Waals surface area (Å²) in [7, 11) is -3.79. The Morgan fingerprint density at radius 3 is 1.63 bits per heavy atom. The molecule has 51 heavy (non-hydrogen) atoms. The number of carboxylic acids is 1. The zero-order chi connectivity index (χ0) is 37.0. The maximum absolute atomic E-state index is 13.8. The number of anilines is 2. The van der Waals surface area contributed by atoms with Crippen molar-refractivity contribution in [3.05, 3.63) is 95.6 Å². The Labute approximate surface area is 299 Å². The highest BCUT2D eigenvalue weighted by atomic mass is 32.2. The van der Waals surface area contributed by atoms with Crippen molar-refractivity contribution in [1.29, 1.82) is 0 Å². The predicted octanol–water partition coefficient (Wildman–Crippen LogP) is 3.34. The predicted molar refractivity (Wildman–Crippen MR) is 196 cm³/mol. The van der Waals surface area contributed by atoms with Crippen LogP contribution >= 0.6 is 0 Å². The molecule has 0 radical (unpaired) electrons. The Morgan fingerprint density at radius 2 is 1.18 bits per heavy atom. The third-order valence-electron chi connectivity index (χ3n) is 9.99. The number of nitrogens with zero attached hydrogens (tertiary/aromatic N) is 2. The molecular formula is C38H47N5O7S. The van der Waals surface area contributed by atoms with E-state index in [1.165, 1.54) is 0 Å². The van der Waals surface area contributed by atoms with Crippen molar-refractivity contribution in [2.75, 3.05) is 42.6 Å². The van der Waals surface area contributed by atoms with Crippen molar-refractivity contribution in [3.8, 4) is 0 Å². The standard InChI is InChI=1S/C38H47N5O7S/c1-37(2)35(47)39-30-14-10-26(11-15-30)22-29(25-51(49,50)24-28-8-6-5-7-9-28)33(44)41-32(34(45)46)23-27-12-16-31(17-13-27)40-36(48)38(3,4)43-20-18-42(37)19-21-43/h5-17,29,32H,18-25H2,1-4H3,(H,39,47)(H,40,48)(H,41,44)(H,45,46)/t29-,32-/m0/s1. The highest BCUT2D eigenvalue weighted by Gasteiger charge is 2.41. The molecule has 2 atom stereocenters. The van der Waals surface area contributed by atoms with Gasteiger partial charge < -0.3 is 21.1 Å². The number of nitrogens with one attached hydrogen (secondary N) is 3. The molecule has 6 bridgehead atoms. The minimum Gasteiger partial charge on any atom is -0.480 e. The van der Waals surface area contributed by atoms with Gasteiger partial charge in [0.05, 0.1) is 28.5 Å². The van der Waals surface area contributed by atoms with Crippen LogP contribution in [-0.4, -0.2) is 96.1 Å². The molecule has 4 N–H and O–H groups in total. The third kappa shape index (κ3) is 9.40. The SMILES string of the molecule is CC1(C)C(=O)Nc2ccc(cc2)C[C@@H](CS(=O)(=O)Cc2ccccc2)C(=O)N[C@H](C(=O)O)Cc2ccc(cc2)NC(=O)C(C)(C)N2CCN1CC2. The highest BCUT2D eigenvalue weighted by molar-refractivity contribution is 7.90. The lowest BCUT2D eigenvalue weighted by atomic mass is 9.96. The van der Waals surface area contributed by atoms with Crippen molar-refractivity contribution in [2.45, 2.75) is 63.4 Å². The largest absolute Gasteiger partial charge is 0.480 e. The number of hydrogen-bond acceptors (Lipinski definition) is 8. The van der Waals surface area contributed by atoms with Gasteiger partial charge in [-0.3, -0.25) is 24.2 Å². The number of carbonyl (C=O) groups excluding carboxylic acids is 3. The topological polar surface area (TPSA) is 165 Å². The number of rotatable bonds is 5. The molecule has 0 spiro atoms. The number of piperazine rings is 1. The van der Waals surface area contributed by atoms with Gasteiger partial charge >= 0.3 is 5.97 Å². The van der Waals surface area contributed by atoms with Crippen LogP contribution in [0.4, 0.5) is 11.4 Å². The molecule has 6 aliphatic heterocycles. The summed E-state index contributed by atoms with van der Waals surface area (Å²) in [6.45, 7) is 9.75. The summed E-state index contributed by atoms with van der Waals surface area (Å²) in [6, 6.07) is 21.0. The summed E-state index contributed by atoms with van der Waals surface area (Å²) < 4.78 is 26.8. The summed E-state index contributed by atoms with van der Waals surface area (Å²) in [4.78, 5) is 57.3. The lowest BCUT2D eigenvalue weighted by molar-refractivity contribution is -0.142. The fourth-order valence-corrected chi connectivity index (χ4v) is 8.26. The van der Waals surface area contributed by atoms with Gasteiger partial charge in [-0.1, -0.05) is 54.6 Å². The minimum atomic E-state index is -3.79. The summed E-state index contributed by atoms with van der Waals surface area (Å²) in [5.74, 6) is -4.23. The molecule has 0 aliphatic carbocycles. The Morgan fingerprint density at radius 1 is 0.725 bits per heavy atom. The molecule has 0 unspecified atom stereocenters. The number of aliphatic carboxylic acids is 1. The number of sulfone groups is 1. The summed E-state index contributed by atoms with van der Waals surface area (Å²) >= 11 is 0. The number of fused-ring (bicyclic) bond motifs is 1. The van der Waals surface area contributed by atoms with E-state index >= 15 is 0 Å². The van der Waals surface area contributed by atoms with Crippen molar-refractivity contribution >= 4 is 44.9 Å². The zero-order valence-corrected chi connectivity index (χ0v) is 30.3. The van der Waals surface area contributed by atoms with E-state index in [1.807, 2.05) is 27.7 Å². The lowest BCUT2D eigenvalue weighted by Gasteiger charge is -2.47. The van der Waals surface area contributed by atoms with Crippen LogP contribution in [0.5, 0.6) is 0 Å². The van der Waals surface area contributed by atoms with Gasteiger partial charge in [0.15, 0.2) is 9.84 Å². The molecule has 3 aromatic carbocycles. The van der Waals surface area contributed by atoms with E-state index in [-0.39, 0.29) is 30.4 Å². The van der Waals surface area contributed by atoms with Crippen LogP contribution in [0.15, 0.2) is 78.9 Å². The maximum Gasteiger partial charge on any atom is 0.326 e. The molecule has 13 heteroatoms. The molecule has 3 aromatic rings. The highest BCUT2D eigenvalue weighted by Crippen LogP contribution is 2.26. The molecular weight excluding hydrogens is 671 g/mol. The molecule has 6 aliphatic rings. The molecule has 12 nitrogen and oxygen atoms in total. The quantitative estimate of drug-likeness (QED) is 0.310. The zero-order valence-electron chi connectivity index (χ0n) is 29.5. The summed E-state index contributed by atoms with van der Waals surface area (Å²) in [5.41, 5.74) is 1.21. The van der Waals surface area contributed by atoms with Gasteiger partial charge in [-0.2, -0.15) is 0 Å². The molecule has 1 fully saturated rings. The van der Waals surface area contributed by atoms with Gasteiger partial charge in [-0.05, 0) is 75.1 Å². The van der Waals surface area contributed by atoms with Crippen molar-refractivity contribution in [3.63, 3.8) is 0 Å². The molecule has 1 saturated heterocycles. The van der Waals surface area contributed by atoms with Gasteiger partial charge in [0.25, 0.3) is 0 Å².